The molecule has 0 spiro atoms. The zero-order valence-corrected chi connectivity index (χ0v) is 14.4. The maximum absolute atomic E-state index is 12.0. The molecular formula is C19H21ClN2O. The Bertz CT molecular complexity index is 744. The van der Waals surface area contributed by atoms with E-state index in [2.05, 4.69) is 18.3 Å². The summed E-state index contributed by atoms with van der Waals surface area (Å²) in [7, 11) is 0. The number of anilines is 2. The van der Waals surface area contributed by atoms with Gasteiger partial charge in [-0.15, -0.1) is 0 Å². The summed E-state index contributed by atoms with van der Waals surface area (Å²) in [5.41, 5.74) is 4.37. The van der Waals surface area contributed by atoms with Crippen molar-refractivity contribution in [3.8, 4) is 0 Å². The number of nitrogens with zero attached hydrogens (tertiary/aromatic N) is 1. The number of carbonyl (C=O) groups is 1. The number of carbonyl (C=O) groups excluding carboxylic acids is 1. The highest BCUT2D eigenvalue weighted by Gasteiger charge is 2.32. The predicted octanol–water partition coefficient (Wildman–Crippen LogP) is 4.95. The van der Waals surface area contributed by atoms with Crippen LogP contribution in [0.15, 0.2) is 42.5 Å². The Morgan fingerprint density at radius 2 is 2.00 bits per heavy atom. The van der Waals surface area contributed by atoms with Crippen LogP contribution in [0, 0.1) is 6.92 Å². The number of para-hydroxylation sites is 1. The molecule has 0 saturated carbocycles. The van der Waals surface area contributed by atoms with Gasteiger partial charge in [0.15, 0.2) is 0 Å². The third kappa shape index (κ3) is 3.06. The summed E-state index contributed by atoms with van der Waals surface area (Å²) >= 11 is 6.05. The van der Waals surface area contributed by atoms with Crippen LogP contribution in [0.3, 0.4) is 0 Å². The normalized spacial score (nSPS) is 20.1. The Kier molecular flexibility index (Phi) is 4.31. The van der Waals surface area contributed by atoms with Crippen molar-refractivity contribution < 1.29 is 4.79 Å². The Morgan fingerprint density at radius 3 is 2.70 bits per heavy atom. The molecule has 0 aromatic heterocycles. The van der Waals surface area contributed by atoms with E-state index in [1.807, 2.05) is 48.2 Å². The molecule has 1 heterocycles. The highest BCUT2D eigenvalue weighted by molar-refractivity contribution is 6.30. The lowest BCUT2D eigenvalue weighted by Gasteiger charge is -2.39. The number of rotatable bonds is 2. The van der Waals surface area contributed by atoms with Crippen molar-refractivity contribution in [2.24, 2.45) is 0 Å². The molecule has 0 radical (unpaired) electrons. The lowest BCUT2D eigenvalue weighted by Crippen LogP contribution is -2.43. The van der Waals surface area contributed by atoms with Crippen LogP contribution in [-0.2, 0) is 4.79 Å². The standard InChI is InChI=1S/C19H21ClN2O/c1-12-10-15(20)8-9-17(12)21-18-11-13(2)22(14(3)23)19-7-5-4-6-16(18)19/h4-10,13,18,21H,11H2,1-3H3/t13-,18+/m1/s1. The summed E-state index contributed by atoms with van der Waals surface area (Å²) in [5, 5.41) is 4.37. The lowest BCUT2D eigenvalue weighted by molar-refractivity contribution is -0.117. The number of fused-ring (bicyclic) bond motifs is 1. The first-order valence-electron chi connectivity index (χ1n) is 7.89. The van der Waals surface area contributed by atoms with E-state index in [1.165, 1.54) is 0 Å². The number of hydrogen-bond acceptors (Lipinski definition) is 2. The SMILES string of the molecule is CC(=O)N1c2ccccc2[C@@H](Nc2ccc(Cl)cc2C)C[C@H]1C. The number of amides is 1. The van der Waals surface area contributed by atoms with Crippen LogP contribution < -0.4 is 10.2 Å². The molecule has 0 aliphatic carbocycles. The molecule has 2 aromatic rings. The topological polar surface area (TPSA) is 32.3 Å². The fourth-order valence-corrected chi connectivity index (χ4v) is 3.63. The van der Waals surface area contributed by atoms with Crippen molar-refractivity contribution in [2.45, 2.75) is 39.3 Å². The molecular weight excluding hydrogens is 308 g/mol. The second kappa shape index (κ2) is 6.25. The van der Waals surface area contributed by atoms with E-state index in [4.69, 9.17) is 11.6 Å². The average molecular weight is 329 g/mol. The molecule has 1 aliphatic heterocycles. The largest absolute Gasteiger partial charge is 0.378 e. The molecule has 23 heavy (non-hydrogen) atoms. The molecule has 1 amide bonds. The molecule has 120 valence electrons. The van der Waals surface area contributed by atoms with Gasteiger partial charge in [-0.2, -0.15) is 0 Å². The molecule has 0 bridgehead atoms. The second-order valence-electron chi connectivity index (χ2n) is 6.19. The second-order valence-corrected chi connectivity index (χ2v) is 6.63. The van der Waals surface area contributed by atoms with E-state index in [0.29, 0.717) is 0 Å². The molecule has 2 aromatic carbocycles. The van der Waals surface area contributed by atoms with Crippen molar-refractivity contribution >= 4 is 28.9 Å². The fraction of sp³-hybridized carbons (Fsp3) is 0.316. The van der Waals surface area contributed by atoms with Gasteiger partial charge in [-0.1, -0.05) is 29.8 Å². The summed E-state index contributed by atoms with van der Waals surface area (Å²) in [6, 6.07) is 14.3. The van der Waals surface area contributed by atoms with Crippen molar-refractivity contribution in [2.75, 3.05) is 10.2 Å². The van der Waals surface area contributed by atoms with Gasteiger partial charge in [0.1, 0.15) is 0 Å². The van der Waals surface area contributed by atoms with Gasteiger partial charge in [0.25, 0.3) is 0 Å². The van der Waals surface area contributed by atoms with E-state index in [9.17, 15) is 4.79 Å². The van der Waals surface area contributed by atoms with Crippen LogP contribution in [-0.4, -0.2) is 11.9 Å². The minimum absolute atomic E-state index is 0.0890. The van der Waals surface area contributed by atoms with E-state index >= 15 is 0 Å². The molecule has 4 heteroatoms. The Hall–Kier alpha value is -2.00. The van der Waals surface area contributed by atoms with E-state index < -0.39 is 0 Å². The van der Waals surface area contributed by atoms with Crippen LogP contribution in [0.1, 0.15) is 37.4 Å². The van der Waals surface area contributed by atoms with Crippen LogP contribution >= 0.6 is 11.6 Å². The minimum atomic E-state index is 0.0890. The van der Waals surface area contributed by atoms with Crippen molar-refractivity contribution in [3.63, 3.8) is 0 Å². The summed E-state index contributed by atoms with van der Waals surface area (Å²) in [4.78, 5) is 13.9. The van der Waals surface area contributed by atoms with Gasteiger partial charge in [0.05, 0.1) is 6.04 Å². The van der Waals surface area contributed by atoms with Gasteiger partial charge in [-0.05, 0) is 55.7 Å². The number of benzene rings is 2. The number of halogens is 1. The molecule has 1 aliphatic rings. The predicted molar refractivity (Wildman–Crippen MR) is 96.2 cm³/mol. The third-order valence-electron chi connectivity index (χ3n) is 4.45. The van der Waals surface area contributed by atoms with Crippen LogP contribution in [0.4, 0.5) is 11.4 Å². The Morgan fingerprint density at radius 1 is 1.26 bits per heavy atom. The fourth-order valence-electron chi connectivity index (χ4n) is 3.41. The lowest BCUT2D eigenvalue weighted by atomic mass is 9.91. The van der Waals surface area contributed by atoms with Gasteiger partial charge in [0.2, 0.25) is 5.91 Å². The summed E-state index contributed by atoms with van der Waals surface area (Å²) in [5.74, 6) is 0.0890. The zero-order valence-electron chi connectivity index (χ0n) is 13.6. The van der Waals surface area contributed by atoms with E-state index in [1.54, 1.807) is 6.92 Å². The smallest absolute Gasteiger partial charge is 0.224 e. The maximum atomic E-state index is 12.0. The maximum Gasteiger partial charge on any atom is 0.224 e. The van der Waals surface area contributed by atoms with Gasteiger partial charge < -0.3 is 10.2 Å². The van der Waals surface area contributed by atoms with Crippen LogP contribution in [0.2, 0.25) is 5.02 Å². The first-order chi connectivity index (χ1) is 11.0. The highest BCUT2D eigenvalue weighted by atomic mass is 35.5. The van der Waals surface area contributed by atoms with Gasteiger partial charge in [-0.3, -0.25) is 4.79 Å². The number of nitrogens with one attached hydrogen (secondary N) is 1. The molecule has 0 unspecified atom stereocenters. The zero-order chi connectivity index (χ0) is 16.6. The van der Waals surface area contributed by atoms with Crippen LogP contribution in [0.5, 0.6) is 0 Å². The molecule has 3 nitrogen and oxygen atoms in total. The van der Waals surface area contributed by atoms with Gasteiger partial charge >= 0.3 is 0 Å². The molecule has 2 atom stereocenters. The molecule has 0 saturated heterocycles. The Labute approximate surface area is 142 Å². The number of hydrogen-bond donors (Lipinski definition) is 1. The molecule has 0 fully saturated rings. The number of aryl methyl sites for hydroxylation is 1. The summed E-state index contributed by atoms with van der Waals surface area (Å²) in [6.45, 7) is 5.78. The van der Waals surface area contributed by atoms with Crippen molar-refractivity contribution in [3.05, 3.63) is 58.6 Å². The highest BCUT2D eigenvalue weighted by Crippen LogP contribution is 2.39. The van der Waals surface area contributed by atoms with Crippen LogP contribution in [0.25, 0.3) is 0 Å². The molecule has 1 N–H and O–H groups in total. The minimum Gasteiger partial charge on any atom is -0.378 e. The van der Waals surface area contributed by atoms with Gasteiger partial charge in [0, 0.05) is 29.4 Å². The Balaban J connectivity index is 1.97. The molecule has 3 rings (SSSR count). The van der Waals surface area contributed by atoms with Gasteiger partial charge in [-0.25, -0.2) is 0 Å². The quantitative estimate of drug-likeness (QED) is 0.846. The van der Waals surface area contributed by atoms with Crippen molar-refractivity contribution in [1.82, 2.24) is 0 Å². The monoisotopic (exact) mass is 328 g/mol. The van der Waals surface area contributed by atoms with Crippen molar-refractivity contribution in [1.29, 1.82) is 0 Å². The first kappa shape index (κ1) is 15.9. The third-order valence-corrected chi connectivity index (χ3v) is 4.68. The summed E-state index contributed by atoms with van der Waals surface area (Å²) < 4.78 is 0. The summed E-state index contributed by atoms with van der Waals surface area (Å²) in [6.07, 6.45) is 0.874. The van der Waals surface area contributed by atoms with E-state index in [-0.39, 0.29) is 18.0 Å². The average Bonchev–Trinajstić information content (AvgIpc) is 2.49. The first-order valence-corrected chi connectivity index (χ1v) is 8.26. The van der Waals surface area contributed by atoms with E-state index in [0.717, 1.165) is 33.9 Å².